The van der Waals surface area contributed by atoms with Gasteiger partial charge in [-0.15, -0.1) is 0 Å². The molecule has 1 saturated heterocycles. The number of thiocarbonyl (C=S) groups is 1. The molecule has 1 aliphatic rings. The zero-order valence-electron chi connectivity index (χ0n) is 17.8. The van der Waals surface area contributed by atoms with Crippen molar-refractivity contribution in [3.8, 4) is 11.1 Å². The van der Waals surface area contributed by atoms with Crippen LogP contribution in [0.2, 0.25) is 0 Å². The summed E-state index contributed by atoms with van der Waals surface area (Å²) in [5.74, 6) is 0. The molecule has 0 saturated carbocycles. The molecule has 0 atom stereocenters. The molecule has 3 aromatic rings. The van der Waals surface area contributed by atoms with E-state index in [9.17, 15) is 8.42 Å². The van der Waals surface area contributed by atoms with E-state index in [4.69, 9.17) is 18.0 Å². The Morgan fingerprint density at radius 2 is 1.94 bits per heavy atom. The lowest BCUT2D eigenvalue weighted by atomic mass is 10.0. The summed E-state index contributed by atoms with van der Waals surface area (Å²) in [6.07, 6.45) is 5.07. The molecule has 6 nitrogen and oxygen atoms in total. The monoisotopic (exact) mass is 456 g/mol. The first-order valence-corrected chi connectivity index (χ1v) is 12.7. The van der Waals surface area contributed by atoms with Crippen LogP contribution < -0.4 is 11.1 Å². The van der Waals surface area contributed by atoms with Gasteiger partial charge in [-0.2, -0.15) is 0 Å². The molecule has 1 aliphatic heterocycles. The minimum atomic E-state index is -3.15. The predicted octanol–water partition coefficient (Wildman–Crippen LogP) is 3.26. The number of piperidine rings is 1. The van der Waals surface area contributed by atoms with Crippen LogP contribution in [0.3, 0.4) is 0 Å². The van der Waals surface area contributed by atoms with Crippen molar-refractivity contribution in [1.82, 2.24) is 14.2 Å². The van der Waals surface area contributed by atoms with Crippen LogP contribution in [0.1, 0.15) is 30.0 Å². The molecule has 0 aliphatic carbocycles. The zero-order valence-corrected chi connectivity index (χ0v) is 19.5. The number of rotatable bonds is 6. The number of nitrogens with one attached hydrogen (secondary N) is 1. The number of nitrogens with zero attached hydrogens (tertiary/aromatic N) is 2. The second-order valence-electron chi connectivity index (χ2n) is 8.17. The Bertz CT molecular complexity index is 1230. The van der Waals surface area contributed by atoms with E-state index in [1.54, 1.807) is 4.31 Å². The first-order valence-electron chi connectivity index (χ1n) is 10.4. The lowest BCUT2D eigenvalue weighted by Crippen LogP contribution is -2.38. The van der Waals surface area contributed by atoms with Crippen LogP contribution >= 0.6 is 12.2 Å². The smallest absolute Gasteiger partial charge is 0.211 e. The molecule has 164 valence electrons. The maximum Gasteiger partial charge on any atom is 0.211 e. The third-order valence-electron chi connectivity index (χ3n) is 6.02. The number of hydrogen-bond acceptors (Lipinski definition) is 4. The van der Waals surface area contributed by atoms with E-state index in [-0.39, 0.29) is 6.04 Å². The number of benzene rings is 2. The summed E-state index contributed by atoms with van der Waals surface area (Å²) in [7, 11) is -1.21. The minimum Gasteiger partial charge on any atom is -0.389 e. The third kappa shape index (κ3) is 4.52. The number of aromatic nitrogens is 1. The van der Waals surface area contributed by atoms with Crippen molar-refractivity contribution < 1.29 is 8.42 Å². The molecule has 3 N–H and O–H groups in total. The minimum absolute atomic E-state index is 0.248. The lowest BCUT2D eigenvalue weighted by Gasteiger charge is -2.31. The van der Waals surface area contributed by atoms with Gasteiger partial charge in [0, 0.05) is 53.9 Å². The highest BCUT2D eigenvalue weighted by Crippen LogP contribution is 2.36. The third-order valence-corrected chi connectivity index (χ3v) is 7.56. The Morgan fingerprint density at radius 1 is 1.19 bits per heavy atom. The molecular formula is C23H28N4O2S2. The Kier molecular flexibility index (Phi) is 6.16. The summed E-state index contributed by atoms with van der Waals surface area (Å²) in [6, 6.07) is 14.8. The molecule has 2 aromatic carbocycles. The van der Waals surface area contributed by atoms with E-state index < -0.39 is 10.0 Å². The fourth-order valence-electron chi connectivity index (χ4n) is 4.43. The lowest BCUT2D eigenvalue weighted by molar-refractivity contribution is 0.279. The Balaban J connectivity index is 1.79. The van der Waals surface area contributed by atoms with E-state index >= 15 is 0 Å². The molecular weight excluding hydrogens is 428 g/mol. The number of fused-ring (bicyclic) bond motifs is 1. The first kappa shape index (κ1) is 22.0. The van der Waals surface area contributed by atoms with E-state index in [0.29, 0.717) is 18.1 Å². The van der Waals surface area contributed by atoms with Crippen molar-refractivity contribution in [2.75, 3.05) is 26.4 Å². The van der Waals surface area contributed by atoms with Crippen molar-refractivity contribution in [3.63, 3.8) is 0 Å². The molecule has 2 heterocycles. The molecule has 8 heteroatoms. The highest BCUT2D eigenvalue weighted by molar-refractivity contribution is 7.88. The topological polar surface area (TPSA) is 80.4 Å². The van der Waals surface area contributed by atoms with Gasteiger partial charge in [-0.1, -0.05) is 42.5 Å². The van der Waals surface area contributed by atoms with Crippen LogP contribution in [0.5, 0.6) is 0 Å². The fourth-order valence-corrected chi connectivity index (χ4v) is 5.44. The normalized spacial score (nSPS) is 16.1. The Morgan fingerprint density at radius 3 is 2.58 bits per heavy atom. The second-order valence-corrected chi connectivity index (χ2v) is 10.6. The summed E-state index contributed by atoms with van der Waals surface area (Å²) < 4.78 is 27.8. The van der Waals surface area contributed by atoms with E-state index in [2.05, 4.69) is 40.3 Å². The van der Waals surface area contributed by atoms with Crippen LogP contribution in [-0.4, -0.2) is 48.7 Å². The fraction of sp³-hybridized carbons (Fsp3) is 0.348. The van der Waals surface area contributed by atoms with Crippen LogP contribution in [-0.2, 0) is 16.6 Å². The molecule has 4 rings (SSSR count). The van der Waals surface area contributed by atoms with Gasteiger partial charge in [0.25, 0.3) is 0 Å². The van der Waals surface area contributed by atoms with Crippen molar-refractivity contribution in [3.05, 3.63) is 59.8 Å². The van der Waals surface area contributed by atoms with Crippen molar-refractivity contribution in [1.29, 1.82) is 0 Å². The summed E-state index contributed by atoms with van der Waals surface area (Å²) in [6.45, 7) is 1.89. The van der Waals surface area contributed by atoms with Gasteiger partial charge in [0.05, 0.1) is 6.26 Å². The molecule has 1 aromatic heterocycles. The van der Waals surface area contributed by atoms with Crippen molar-refractivity contribution >= 4 is 38.1 Å². The van der Waals surface area contributed by atoms with E-state index in [0.717, 1.165) is 36.1 Å². The maximum absolute atomic E-state index is 11.9. The van der Waals surface area contributed by atoms with E-state index in [1.165, 1.54) is 22.7 Å². The number of sulfonamides is 1. The van der Waals surface area contributed by atoms with Gasteiger partial charge in [0.15, 0.2) is 0 Å². The molecule has 0 bridgehead atoms. The quantitative estimate of drug-likeness (QED) is 0.557. The number of hydrogen-bond donors (Lipinski definition) is 2. The molecule has 0 amide bonds. The average Bonchev–Trinajstić information content (AvgIpc) is 3.12. The Labute approximate surface area is 189 Å². The van der Waals surface area contributed by atoms with E-state index in [1.807, 2.05) is 25.2 Å². The molecule has 0 spiro atoms. The second kappa shape index (κ2) is 8.70. The van der Waals surface area contributed by atoms with Gasteiger partial charge in [-0.3, -0.25) is 0 Å². The zero-order chi connectivity index (χ0) is 22.2. The summed E-state index contributed by atoms with van der Waals surface area (Å²) in [5.41, 5.74) is 11.3. The highest BCUT2D eigenvalue weighted by Gasteiger charge is 2.27. The van der Waals surface area contributed by atoms with Gasteiger partial charge in [0.2, 0.25) is 10.0 Å². The highest BCUT2D eigenvalue weighted by atomic mass is 32.2. The molecule has 0 unspecified atom stereocenters. The molecule has 0 radical (unpaired) electrons. The van der Waals surface area contributed by atoms with Gasteiger partial charge in [0.1, 0.15) is 4.99 Å². The summed E-state index contributed by atoms with van der Waals surface area (Å²) in [5, 5.41) is 4.39. The van der Waals surface area contributed by atoms with Gasteiger partial charge < -0.3 is 15.6 Å². The van der Waals surface area contributed by atoms with Gasteiger partial charge in [-0.25, -0.2) is 12.7 Å². The SMILES string of the molecule is CNCc1ccc2c(-c3cccc(C(N)=S)c3)cn(C3CCN(S(C)(=O)=O)CC3)c2c1. The maximum atomic E-state index is 11.9. The average molecular weight is 457 g/mol. The van der Waals surface area contributed by atoms with Gasteiger partial charge in [-0.05, 0) is 43.1 Å². The van der Waals surface area contributed by atoms with Crippen LogP contribution in [0.4, 0.5) is 0 Å². The number of nitrogens with two attached hydrogens (primary N) is 1. The van der Waals surface area contributed by atoms with Crippen LogP contribution in [0, 0.1) is 0 Å². The summed E-state index contributed by atoms with van der Waals surface area (Å²) in [4.78, 5) is 0.384. The molecule has 1 fully saturated rings. The molecule has 31 heavy (non-hydrogen) atoms. The van der Waals surface area contributed by atoms with Crippen LogP contribution in [0.25, 0.3) is 22.0 Å². The first-order chi connectivity index (χ1) is 14.8. The van der Waals surface area contributed by atoms with Gasteiger partial charge >= 0.3 is 0 Å². The van der Waals surface area contributed by atoms with Crippen molar-refractivity contribution in [2.24, 2.45) is 5.73 Å². The van der Waals surface area contributed by atoms with Crippen LogP contribution in [0.15, 0.2) is 48.7 Å². The predicted molar refractivity (Wildman–Crippen MR) is 131 cm³/mol. The largest absolute Gasteiger partial charge is 0.389 e. The Hall–Kier alpha value is -2.26. The van der Waals surface area contributed by atoms with Crippen molar-refractivity contribution in [2.45, 2.75) is 25.4 Å². The summed E-state index contributed by atoms with van der Waals surface area (Å²) >= 11 is 5.17. The standard InChI is InChI=1S/C23H28N4O2S2/c1-25-14-16-6-7-20-21(17-4-3-5-18(13-17)23(24)30)15-27(22(20)12-16)19-8-10-26(11-9-19)31(2,28)29/h3-7,12-13,15,19,25H,8-11,14H2,1-2H3,(H2,24,30).